The van der Waals surface area contributed by atoms with Gasteiger partial charge in [0.25, 0.3) is 0 Å². The molecule has 3 aliphatic rings. The molecular weight excluding hydrogens is 336 g/mol. The number of carbonyl (C=O) groups is 1. The monoisotopic (exact) mass is 362 g/mol. The number of hydrogen-bond acceptors (Lipinski definition) is 3. The summed E-state index contributed by atoms with van der Waals surface area (Å²) in [5.74, 6) is 2.04. The molecule has 6 heteroatoms. The third-order valence-electron chi connectivity index (χ3n) is 6.19. The zero-order valence-electron chi connectivity index (χ0n) is 14.5. The summed E-state index contributed by atoms with van der Waals surface area (Å²) in [6, 6.07) is 7.63. The Bertz CT molecular complexity index is 762. The number of anilines is 1. The number of hydrogen-bond donors (Lipinski definition) is 1. The first kappa shape index (κ1) is 16.9. The van der Waals surface area contributed by atoms with Crippen molar-refractivity contribution in [3.8, 4) is 0 Å². The second-order valence-electron chi connectivity index (χ2n) is 7.76. The van der Waals surface area contributed by atoms with E-state index in [4.69, 9.17) is 0 Å². The number of para-hydroxylation sites is 1. The molecule has 2 saturated carbocycles. The maximum absolute atomic E-state index is 12.6. The minimum Gasteiger partial charge on any atom is -0.355 e. The van der Waals surface area contributed by atoms with Crippen LogP contribution in [0.5, 0.6) is 0 Å². The molecule has 25 heavy (non-hydrogen) atoms. The standard InChI is InChI=1S/C19H26N2O3S/c22-19(13-17-12-14-5-6-16(17)11-14)20-8-10-25(23,24)21-9-7-15-3-1-2-4-18(15)21/h1-4,14,16-17H,5-13H2,(H,20,22). The van der Waals surface area contributed by atoms with Crippen molar-refractivity contribution in [2.24, 2.45) is 17.8 Å². The zero-order valence-corrected chi connectivity index (χ0v) is 15.3. The minimum atomic E-state index is -3.39. The lowest BCUT2D eigenvalue weighted by Gasteiger charge is -2.21. The first-order valence-corrected chi connectivity index (χ1v) is 11.0. The van der Waals surface area contributed by atoms with Gasteiger partial charge in [0, 0.05) is 19.5 Å². The summed E-state index contributed by atoms with van der Waals surface area (Å²) in [4.78, 5) is 12.2. The minimum absolute atomic E-state index is 0.00886. The average molecular weight is 362 g/mol. The van der Waals surface area contributed by atoms with E-state index >= 15 is 0 Å². The molecule has 136 valence electrons. The van der Waals surface area contributed by atoms with E-state index in [2.05, 4.69) is 5.32 Å². The van der Waals surface area contributed by atoms with Crippen LogP contribution in [0.25, 0.3) is 0 Å². The molecule has 3 unspecified atom stereocenters. The molecule has 0 spiro atoms. The van der Waals surface area contributed by atoms with Gasteiger partial charge in [-0.15, -0.1) is 0 Å². The summed E-state index contributed by atoms with van der Waals surface area (Å²) >= 11 is 0. The van der Waals surface area contributed by atoms with Crippen molar-refractivity contribution >= 4 is 21.6 Å². The van der Waals surface area contributed by atoms with Gasteiger partial charge in [0.1, 0.15) is 0 Å². The van der Waals surface area contributed by atoms with E-state index in [1.165, 1.54) is 30.0 Å². The Hall–Kier alpha value is -1.56. The normalized spacial score (nSPS) is 27.5. The van der Waals surface area contributed by atoms with Crippen LogP contribution < -0.4 is 9.62 Å². The topological polar surface area (TPSA) is 66.5 Å². The fourth-order valence-corrected chi connectivity index (χ4v) is 6.39. The summed E-state index contributed by atoms with van der Waals surface area (Å²) in [5.41, 5.74) is 1.86. The first-order chi connectivity index (χ1) is 12.0. The SMILES string of the molecule is O=C(CC1CC2CCC1C2)NCCS(=O)(=O)N1CCc2ccccc21. The van der Waals surface area contributed by atoms with Crippen LogP contribution in [-0.4, -0.2) is 33.2 Å². The molecule has 1 aliphatic heterocycles. The van der Waals surface area contributed by atoms with Crippen LogP contribution in [0.1, 0.15) is 37.7 Å². The van der Waals surface area contributed by atoms with E-state index in [-0.39, 0.29) is 18.2 Å². The third-order valence-corrected chi connectivity index (χ3v) is 7.97. The highest BCUT2D eigenvalue weighted by Gasteiger charge is 2.40. The van der Waals surface area contributed by atoms with Crippen LogP contribution in [0, 0.1) is 17.8 Å². The zero-order chi connectivity index (χ0) is 17.4. The molecule has 1 N–H and O–H groups in total. The van der Waals surface area contributed by atoms with Crippen molar-refractivity contribution in [3.05, 3.63) is 29.8 Å². The molecule has 0 aromatic heterocycles. The summed E-state index contributed by atoms with van der Waals surface area (Å²) in [6.45, 7) is 0.696. The van der Waals surface area contributed by atoms with Crippen LogP contribution in [0.15, 0.2) is 24.3 Å². The van der Waals surface area contributed by atoms with Crippen molar-refractivity contribution in [2.45, 2.75) is 38.5 Å². The van der Waals surface area contributed by atoms with Gasteiger partial charge in [-0.05, 0) is 55.1 Å². The van der Waals surface area contributed by atoms with Gasteiger partial charge < -0.3 is 5.32 Å². The summed E-state index contributed by atoms with van der Waals surface area (Å²) in [6.07, 6.45) is 6.39. The van der Waals surface area contributed by atoms with Gasteiger partial charge >= 0.3 is 0 Å². The van der Waals surface area contributed by atoms with Crippen LogP contribution in [0.4, 0.5) is 5.69 Å². The second kappa shape index (κ2) is 6.63. The van der Waals surface area contributed by atoms with Crippen molar-refractivity contribution in [2.75, 3.05) is 23.1 Å². The summed E-state index contributed by atoms with van der Waals surface area (Å²) in [5, 5.41) is 2.83. The Morgan fingerprint density at radius 2 is 2.04 bits per heavy atom. The largest absolute Gasteiger partial charge is 0.355 e. The fourth-order valence-electron chi connectivity index (χ4n) is 4.96. The molecule has 4 rings (SSSR count). The molecule has 1 amide bonds. The van der Waals surface area contributed by atoms with Crippen LogP contribution >= 0.6 is 0 Å². The average Bonchev–Trinajstić information content (AvgIpc) is 3.29. The number of nitrogens with zero attached hydrogens (tertiary/aromatic N) is 1. The maximum Gasteiger partial charge on any atom is 0.236 e. The highest BCUT2D eigenvalue weighted by atomic mass is 32.2. The molecule has 2 aliphatic carbocycles. The first-order valence-electron chi connectivity index (χ1n) is 9.38. The van der Waals surface area contributed by atoms with Gasteiger partial charge in [0.05, 0.1) is 11.4 Å². The van der Waals surface area contributed by atoms with E-state index in [1.807, 2.05) is 24.3 Å². The van der Waals surface area contributed by atoms with E-state index in [1.54, 1.807) is 0 Å². The Kier molecular flexibility index (Phi) is 4.48. The van der Waals surface area contributed by atoms with Gasteiger partial charge in [0.15, 0.2) is 0 Å². The van der Waals surface area contributed by atoms with Crippen LogP contribution in [-0.2, 0) is 21.2 Å². The molecule has 5 nitrogen and oxygen atoms in total. The molecule has 0 radical (unpaired) electrons. The van der Waals surface area contributed by atoms with Crippen LogP contribution in [0.3, 0.4) is 0 Å². The van der Waals surface area contributed by atoms with Gasteiger partial charge in [-0.25, -0.2) is 8.42 Å². The molecule has 1 heterocycles. The van der Waals surface area contributed by atoms with E-state index in [0.29, 0.717) is 18.9 Å². The van der Waals surface area contributed by atoms with Crippen molar-refractivity contribution in [3.63, 3.8) is 0 Å². The van der Waals surface area contributed by atoms with Crippen molar-refractivity contribution in [1.29, 1.82) is 0 Å². The Balaban J connectivity index is 1.27. The van der Waals surface area contributed by atoms with Crippen LogP contribution in [0.2, 0.25) is 0 Å². The number of benzene rings is 1. The Morgan fingerprint density at radius 1 is 1.20 bits per heavy atom. The van der Waals surface area contributed by atoms with Crippen molar-refractivity contribution in [1.82, 2.24) is 5.32 Å². The number of sulfonamides is 1. The van der Waals surface area contributed by atoms with Gasteiger partial charge in [0.2, 0.25) is 15.9 Å². The molecule has 2 bridgehead atoms. The van der Waals surface area contributed by atoms with E-state index in [9.17, 15) is 13.2 Å². The van der Waals surface area contributed by atoms with E-state index < -0.39 is 10.0 Å². The number of rotatable bonds is 6. The second-order valence-corrected chi connectivity index (χ2v) is 9.77. The number of nitrogens with one attached hydrogen (secondary N) is 1. The highest BCUT2D eigenvalue weighted by Crippen LogP contribution is 2.49. The quantitative estimate of drug-likeness (QED) is 0.844. The Morgan fingerprint density at radius 3 is 2.80 bits per heavy atom. The molecule has 3 atom stereocenters. The fraction of sp³-hybridized carbons (Fsp3) is 0.632. The molecule has 1 aromatic carbocycles. The van der Waals surface area contributed by atoms with E-state index in [0.717, 1.165) is 29.5 Å². The van der Waals surface area contributed by atoms with Gasteiger partial charge in [-0.2, -0.15) is 0 Å². The molecule has 0 saturated heterocycles. The number of fused-ring (bicyclic) bond motifs is 3. The summed E-state index contributed by atoms with van der Waals surface area (Å²) < 4.78 is 26.7. The molecule has 2 fully saturated rings. The predicted molar refractivity (Wildman–Crippen MR) is 97.8 cm³/mol. The smallest absolute Gasteiger partial charge is 0.236 e. The third kappa shape index (κ3) is 3.41. The lowest BCUT2D eigenvalue weighted by molar-refractivity contribution is -0.122. The predicted octanol–water partition coefficient (Wildman–Crippen LogP) is 2.32. The number of carbonyl (C=O) groups excluding carboxylic acids is 1. The maximum atomic E-state index is 12.6. The molecular formula is C19H26N2O3S. The highest BCUT2D eigenvalue weighted by molar-refractivity contribution is 7.92. The van der Waals surface area contributed by atoms with Gasteiger partial charge in [-0.1, -0.05) is 24.6 Å². The Labute approximate surface area is 149 Å². The van der Waals surface area contributed by atoms with Gasteiger partial charge in [-0.3, -0.25) is 9.10 Å². The molecule has 1 aromatic rings. The number of amides is 1. The lowest BCUT2D eigenvalue weighted by atomic mass is 9.86. The van der Waals surface area contributed by atoms with Crippen molar-refractivity contribution < 1.29 is 13.2 Å². The lowest BCUT2D eigenvalue weighted by Crippen LogP contribution is -2.37. The summed E-state index contributed by atoms with van der Waals surface area (Å²) in [7, 11) is -3.39.